The number of nitrogens with zero attached hydrogens (tertiary/aromatic N) is 2. The molecule has 1 aliphatic heterocycles. The van der Waals surface area contributed by atoms with E-state index in [1.54, 1.807) is 19.6 Å². The molecule has 1 aromatic heterocycles. The van der Waals surface area contributed by atoms with Gasteiger partial charge in [0.15, 0.2) is 12.0 Å². The van der Waals surface area contributed by atoms with Gasteiger partial charge in [-0.1, -0.05) is 19.6 Å². The number of amides is 1. The molecular weight excluding hydrogens is 341 g/mol. The standard InChI is InChI=1S/C15H19F3N2O3Si/c1-8-12(23-2)14(22)20(13(8)21)11-6-9(15(16,17)18)10(7-19-11)24(3,4)5/h6-7,14,22H,1-5H3. The second-order valence-corrected chi connectivity index (χ2v) is 11.6. The van der Waals surface area contributed by atoms with Gasteiger partial charge in [-0.3, -0.25) is 9.69 Å². The summed E-state index contributed by atoms with van der Waals surface area (Å²) in [5.74, 6) is -0.890. The third-order valence-electron chi connectivity index (χ3n) is 3.86. The van der Waals surface area contributed by atoms with Gasteiger partial charge in [-0.15, -0.1) is 0 Å². The quantitative estimate of drug-likeness (QED) is 0.840. The predicted molar refractivity (Wildman–Crippen MR) is 85.4 cm³/mol. The molecule has 0 bridgehead atoms. The number of hydrogen-bond acceptors (Lipinski definition) is 4. The molecule has 0 saturated heterocycles. The van der Waals surface area contributed by atoms with Gasteiger partial charge in [-0.25, -0.2) is 4.98 Å². The average molecular weight is 360 g/mol. The molecule has 132 valence electrons. The van der Waals surface area contributed by atoms with Gasteiger partial charge in [0.1, 0.15) is 5.82 Å². The summed E-state index contributed by atoms with van der Waals surface area (Å²) in [7, 11) is -1.02. The number of aliphatic hydroxyl groups excluding tert-OH is 1. The Balaban J connectivity index is 2.57. The summed E-state index contributed by atoms with van der Waals surface area (Å²) in [4.78, 5) is 17.0. The Morgan fingerprint density at radius 1 is 1.33 bits per heavy atom. The number of carbonyl (C=O) groups is 1. The van der Waals surface area contributed by atoms with E-state index in [9.17, 15) is 23.1 Å². The van der Waals surface area contributed by atoms with Crippen molar-refractivity contribution in [3.8, 4) is 0 Å². The van der Waals surface area contributed by atoms with E-state index >= 15 is 0 Å². The number of aromatic nitrogens is 1. The van der Waals surface area contributed by atoms with Crippen molar-refractivity contribution in [2.45, 2.75) is 39.0 Å². The van der Waals surface area contributed by atoms with Crippen molar-refractivity contribution in [2.75, 3.05) is 12.0 Å². The number of ether oxygens (including phenoxy) is 1. The molecule has 1 aliphatic rings. The smallest absolute Gasteiger partial charge is 0.416 e. The van der Waals surface area contributed by atoms with E-state index in [1.807, 2.05) is 0 Å². The second-order valence-electron chi connectivity index (χ2n) is 6.58. The van der Waals surface area contributed by atoms with Gasteiger partial charge >= 0.3 is 6.18 Å². The monoisotopic (exact) mass is 360 g/mol. The van der Waals surface area contributed by atoms with Crippen LogP contribution in [0, 0.1) is 0 Å². The van der Waals surface area contributed by atoms with E-state index < -0.39 is 31.9 Å². The lowest BCUT2D eigenvalue weighted by molar-refractivity contribution is -0.136. The molecule has 5 nitrogen and oxygen atoms in total. The van der Waals surface area contributed by atoms with Crippen molar-refractivity contribution >= 4 is 25.0 Å². The minimum absolute atomic E-state index is 0.00429. The zero-order chi connectivity index (χ0) is 18.4. The topological polar surface area (TPSA) is 62.7 Å². The van der Waals surface area contributed by atoms with Gasteiger partial charge < -0.3 is 9.84 Å². The van der Waals surface area contributed by atoms with Crippen LogP contribution < -0.4 is 10.1 Å². The van der Waals surface area contributed by atoms with Crippen LogP contribution in [0.3, 0.4) is 0 Å². The average Bonchev–Trinajstić information content (AvgIpc) is 2.66. The highest BCUT2D eigenvalue weighted by molar-refractivity contribution is 6.89. The molecule has 2 rings (SSSR count). The minimum atomic E-state index is -4.58. The molecule has 1 unspecified atom stereocenters. The lowest BCUT2D eigenvalue weighted by atomic mass is 10.2. The highest BCUT2D eigenvalue weighted by atomic mass is 28.3. The van der Waals surface area contributed by atoms with Crippen molar-refractivity contribution in [1.82, 2.24) is 4.98 Å². The van der Waals surface area contributed by atoms with Crippen molar-refractivity contribution in [3.63, 3.8) is 0 Å². The summed E-state index contributed by atoms with van der Waals surface area (Å²) < 4.78 is 45.3. The number of anilines is 1. The Morgan fingerprint density at radius 2 is 1.92 bits per heavy atom. The van der Waals surface area contributed by atoms with Crippen molar-refractivity contribution in [2.24, 2.45) is 0 Å². The molecule has 24 heavy (non-hydrogen) atoms. The summed E-state index contributed by atoms with van der Waals surface area (Å²) in [5, 5.41) is 10.3. The van der Waals surface area contributed by atoms with Crippen molar-refractivity contribution < 1.29 is 27.8 Å². The second kappa shape index (κ2) is 5.89. The first-order valence-electron chi connectivity index (χ1n) is 7.23. The maximum absolute atomic E-state index is 13.5. The molecular formula is C15H19F3N2O3Si. The van der Waals surface area contributed by atoms with Gasteiger partial charge in [-0.05, 0) is 18.2 Å². The fraction of sp³-hybridized carbons (Fsp3) is 0.467. The maximum atomic E-state index is 13.5. The van der Waals surface area contributed by atoms with Gasteiger partial charge in [0.25, 0.3) is 5.91 Å². The summed E-state index contributed by atoms with van der Waals surface area (Å²) in [6.07, 6.45) is -4.91. The number of hydrogen-bond donors (Lipinski definition) is 1. The Labute approximate surface area is 138 Å². The first-order chi connectivity index (χ1) is 10.9. The largest absolute Gasteiger partial charge is 0.496 e. The summed E-state index contributed by atoms with van der Waals surface area (Å²) in [5.41, 5.74) is -0.690. The van der Waals surface area contributed by atoms with Gasteiger partial charge in [0.05, 0.1) is 26.3 Å². The van der Waals surface area contributed by atoms with Gasteiger partial charge in [0, 0.05) is 6.20 Å². The maximum Gasteiger partial charge on any atom is 0.416 e. The third-order valence-corrected chi connectivity index (χ3v) is 5.87. The van der Waals surface area contributed by atoms with E-state index in [0.717, 1.165) is 17.2 Å². The molecule has 0 radical (unpaired) electrons. The van der Waals surface area contributed by atoms with E-state index in [1.165, 1.54) is 14.0 Å². The molecule has 0 aromatic carbocycles. The molecule has 0 spiro atoms. The highest BCUT2D eigenvalue weighted by Crippen LogP contribution is 2.34. The Bertz CT molecular complexity index is 711. The molecule has 0 fully saturated rings. The minimum Gasteiger partial charge on any atom is -0.496 e. The number of alkyl halides is 3. The lowest BCUT2D eigenvalue weighted by Gasteiger charge is -2.26. The van der Waals surface area contributed by atoms with Crippen molar-refractivity contribution in [1.29, 1.82) is 0 Å². The van der Waals surface area contributed by atoms with E-state index in [0.29, 0.717) is 0 Å². The van der Waals surface area contributed by atoms with Crippen LogP contribution in [0.25, 0.3) is 0 Å². The fourth-order valence-electron chi connectivity index (χ4n) is 2.60. The summed E-state index contributed by atoms with van der Waals surface area (Å²) in [6, 6.07) is 0.820. The van der Waals surface area contributed by atoms with Crippen LogP contribution in [0.1, 0.15) is 12.5 Å². The molecule has 1 aromatic rings. The Morgan fingerprint density at radius 3 is 2.33 bits per heavy atom. The number of methoxy groups -OCH3 is 1. The first-order valence-corrected chi connectivity index (χ1v) is 10.7. The molecule has 9 heteroatoms. The number of halogens is 3. The highest BCUT2D eigenvalue weighted by Gasteiger charge is 2.42. The van der Waals surface area contributed by atoms with Gasteiger partial charge in [-0.2, -0.15) is 13.2 Å². The summed E-state index contributed by atoms with van der Waals surface area (Å²) in [6.45, 7) is 6.78. The van der Waals surface area contributed by atoms with Crippen LogP contribution >= 0.6 is 0 Å². The van der Waals surface area contributed by atoms with Crippen LogP contribution in [0.15, 0.2) is 23.6 Å². The SMILES string of the molecule is COC1=C(C)C(=O)N(c2cc(C(F)(F)F)c([Si](C)(C)C)cn2)C1O. The lowest BCUT2D eigenvalue weighted by Crippen LogP contribution is -2.44. The zero-order valence-corrected chi connectivity index (χ0v) is 15.0. The van der Waals surface area contributed by atoms with Crippen LogP contribution in [0.2, 0.25) is 19.6 Å². The Hall–Kier alpha value is -1.87. The first kappa shape index (κ1) is 18.5. The molecule has 2 heterocycles. The molecule has 0 aliphatic carbocycles. The van der Waals surface area contributed by atoms with E-state index in [4.69, 9.17) is 4.74 Å². The normalized spacial score (nSPS) is 19.3. The zero-order valence-electron chi connectivity index (χ0n) is 14.0. The van der Waals surface area contributed by atoms with E-state index in [2.05, 4.69) is 4.98 Å². The van der Waals surface area contributed by atoms with Gasteiger partial charge in [0.2, 0.25) is 0 Å². The van der Waals surface area contributed by atoms with Crippen LogP contribution in [-0.4, -0.2) is 37.4 Å². The Kier molecular flexibility index (Phi) is 4.53. The van der Waals surface area contributed by atoms with Crippen molar-refractivity contribution in [3.05, 3.63) is 29.2 Å². The third kappa shape index (κ3) is 3.05. The number of rotatable bonds is 3. The number of carbonyl (C=O) groups excluding carboxylic acids is 1. The number of pyridine rings is 1. The fourth-order valence-corrected chi connectivity index (χ4v) is 4.08. The van der Waals surface area contributed by atoms with E-state index in [-0.39, 0.29) is 22.3 Å². The summed E-state index contributed by atoms with van der Waals surface area (Å²) >= 11 is 0. The molecule has 1 amide bonds. The molecule has 1 N–H and O–H groups in total. The van der Waals surface area contributed by atoms with Crippen LogP contribution in [0.5, 0.6) is 0 Å². The van der Waals surface area contributed by atoms with Crippen LogP contribution in [0.4, 0.5) is 19.0 Å². The number of aliphatic hydroxyl groups is 1. The molecule has 0 saturated carbocycles. The van der Waals surface area contributed by atoms with Crippen LogP contribution in [-0.2, 0) is 15.7 Å². The molecule has 1 atom stereocenters. The predicted octanol–water partition coefficient (Wildman–Crippen LogP) is 2.23.